The van der Waals surface area contributed by atoms with Gasteiger partial charge >= 0.3 is 0 Å². The molecule has 0 saturated carbocycles. The predicted octanol–water partition coefficient (Wildman–Crippen LogP) is 4.58. The quantitative estimate of drug-likeness (QED) is 0.621. The Balaban J connectivity index is 2.09. The largest absolute Gasteiger partial charge is 0.476 e. The van der Waals surface area contributed by atoms with Crippen LogP contribution in [0.4, 0.5) is 21.6 Å². The van der Waals surface area contributed by atoms with Gasteiger partial charge in [0.05, 0.1) is 16.9 Å². The lowest BCUT2D eigenvalue weighted by molar-refractivity contribution is 0.279. The van der Waals surface area contributed by atoms with Crippen molar-refractivity contribution in [1.29, 1.82) is 0 Å². The average molecular weight is 412 g/mol. The van der Waals surface area contributed by atoms with Gasteiger partial charge in [0.15, 0.2) is 6.10 Å². The number of halogens is 1. The predicted molar refractivity (Wildman–Crippen MR) is 115 cm³/mol. The molecule has 0 amide bonds. The molecule has 0 aliphatic heterocycles. The van der Waals surface area contributed by atoms with E-state index >= 15 is 0 Å². The molecule has 0 bridgehead atoms. The average Bonchev–Trinajstić information content (AvgIpc) is 2.62. The highest BCUT2D eigenvalue weighted by Crippen LogP contribution is 2.34. The van der Waals surface area contributed by atoms with Crippen LogP contribution >= 0.6 is 0 Å². The van der Waals surface area contributed by atoms with Crippen molar-refractivity contribution in [3.05, 3.63) is 48.0 Å². The minimum absolute atomic E-state index is 0.281. The fourth-order valence-corrected chi connectivity index (χ4v) is 3.44. The molecular formula is C21H21FN4O2S. The summed E-state index contributed by atoms with van der Waals surface area (Å²) in [5.41, 5.74) is 2.61. The summed E-state index contributed by atoms with van der Waals surface area (Å²) in [6.07, 6.45) is 9.41. The molecular weight excluding hydrogens is 391 g/mol. The van der Waals surface area contributed by atoms with Crippen molar-refractivity contribution in [2.75, 3.05) is 17.8 Å². The summed E-state index contributed by atoms with van der Waals surface area (Å²) in [5, 5.41) is 3.95. The SMILES string of the molecule is C#C[C@H](C)Oc1cc(F)ccc1Nc1ncnc2cc(N=S(C)(C)=O)cc(C)c12. The Morgan fingerprint density at radius 2 is 2.03 bits per heavy atom. The lowest BCUT2D eigenvalue weighted by atomic mass is 10.1. The second-order valence-electron chi connectivity index (χ2n) is 6.84. The van der Waals surface area contributed by atoms with Crippen molar-refractivity contribution in [2.45, 2.75) is 20.0 Å². The molecule has 1 heterocycles. The van der Waals surface area contributed by atoms with Crippen LogP contribution < -0.4 is 10.1 Å². The second kappa shape index (κ2) is 8.05. The smallest absolute Gasteiger partial charge is 0.156 e. The van der Waals surface area contributed by atoms with Gasteiger partial charge in [0, 0.05) is 33.7 Å². The van der Waals surface area contributed by atoms with Crippen LogP contribution in [0.25, 0.3) is 10.9 Å². The number of nitrogens with one attached hydrogen (secondary N) is 1. The van der Waals surface area contributed by atoms with Gasteiger partial charge in [-0.15, -0.1) is 6.42 Å². The van der Waals surface area contributed by atoms with Crippen LogP contribution in [0.5, 0.6) is 5.75 Å². The lowest BCUT2D eigenvalue weighted by Gasteiger charge is -2.16. The molecule has 0 saturated heterocycles. The lowest BCUT2D eigenvalue weighted by Crippen LogP contribution is -2.10. The molecule has 0 fully saturated rings. The molecule has 0 aliphatic carbocycles. The van der Waals surface area contributed by atoms with Crippen LogP contribution in [0, 0.1) is 25.1 Å². The first-order valence-electron chi connectivity index (χ1n) is 8.78. The van der Waals surface area contributed by atoms with E-state index in [1.54, 1.807) is 31.6 Å². The van der Waals surface area contributed by atoms with Crippen molar-refractivity contribution < 1.29 is 13.3 Å². The number of hydrogen-bond acceptors (Lipinski definition) is 6. The summed E-state index contributed by atoms with van der Waals surface area (Å²) in [5.74, 6) is 2.82. The topological polar surface area (TPSA) is 76.5 Å². The van der Waals surface area contributed by atoms with Gasteiger partial charge in [-0.1, -0.05) is 5.92 Å². The molecule has 0 spiro atoms. The highest BCUT2D eigenvalue weighted by molar-refractivity contribution is 7.92. The van der Waals surface area contributed by atoms with Gasteiger partial charge in [-0.05, 0) is 43.7 Å². The van der Waals surface area contributed by atoms with Gasteiger partial charge in [-0.3, -0.25) is 0 Å². The Kier molecular flexibility index (Phi) is 5.71. The van der Waals surface area contributed by atoms with Crippen LogP contribution in [-0.2, 0) is 9.73 Å². The number of benzene rings is 2. The Hall–Kier alpha value is -3.18. The summed E-state index contributed by atoms with van der Waals surface area (Å²) in [6, 6.07) is 7.73. The molecule has 2 aromatic carbocycles. The summed E-state index contributed by atoms with van der Waals surface area (Å²) in [4.78, 5) is 8.64. The standard InChI is InChI=1S/C21H21FN4O2S/c1-6-14(3)28-19-10-15(22)7-8-17(19)25-21-20-13(2)9-16(26-29(4,5)27)11-18(20)23-12-24-21/h1,7-12,14H,2-5H3,(H,23,24,25)/t14-/m0/s1. The van der Waals surface area contributed by atoms with Gasteiger partial charge in [-0.25, -0.2) is 18.6 Å². The zero-order valence-electron chi connectivity index (χ0n) is 16.6. The number of anilines is 2. The number of rotatable bonds is 5. The summed E-state index contributed by atoms with van der Waals surface area (Å²) in [7, 11) is -2.30. The van der Waals surface area contributed by atoms with E-state index in [-0.39, 0.29) is 5.75 Å². The maximum atomic E-state index is 13.7. The molecule has 8 heteroatoms. The highest BCUT2D eigenvalue weighted by atomic mass is 32.2. The van der Waals surface area contributed by atoms with Crippen molar-refractivity contribution in [3.63, 3.8) is 0 Å². The molecule has 3 aromatic rings. The first-order valence-corrected chi connectivity index (χ1v) is 11.1. The van der Waals surface area contributed by atoms with Gasteiger partial charge in [0.1, 0.15) is 23.7 Å². The molecule has 1 atom stereocenters. The maximum absolute atomic E-state index is 13.7. The minimum atomic E-state index is -2.30. The zero-order valence-corrected chi connectivity index (χ0v) is 17.4. The van der Waals surface area contributed by atoms with Gasteiger partial charge in [0.25, 0.3) is 0 Å². The van der Waals surface area contributed by atoms with E-state index in [4.69, 9.17) is 11.2 Å². The molecule has 29 heavy (non-hydrogen) atoms. The molecule has 6 nitrogen and oxygen atoms in total. The maximum Gasteiger partial charge on any atom is 0.156 e. The third-order valence-electron chi connectivity index (χ3n) is 3.98. The Labute approximate surface area is 169 Å². The van der Waals surface area contributed by atoms with Crippen molar-refractivity contribution in [3.8, 4) is 18.1 Å². The number of fused-ring (bicyclic) bond motifs is 1. The van der Waals surface area contributed by atoms with E-state index in [0.717, 1.165) is 10.9 Å². The normalized spacial score (nSPS) is 12.3. The second-order valence-corrected chi connectivity index (χ2v) is 9.39. The van der Waals surface area contributed by atoms with Crippen LogP contribution in [0.3, 0.4) is 0 Å². The van der Waals surface area contributed by atoms with E-state index in [0.29, 0.717) is 22.7 Å². The van der Waals surface area contributed by atoms with Gasteiger partial charge < -0.3 is 10.1 Å². The van der Waals surface area contributed by atoms with E-state index < -0.39 is 21.7 Å². The van der Waals surface area contributed by atoms with Crippen LogP contribution in [-0.4, -0.2) is 32.8 Å². The highest BCUT2D eigenvalue weighted by Gasteiger charge is 2.13. The first-order chi connectivity index (χ1) is 13.7. The van der Waals surface area contributed by atoms with Crippen LogP contribution in [0.2, 0.25) is 0 Å². The number of aryl methyl sites for hydroxylation is 1. The fraction of sp³-hybridized carbons (Fsp3) is 0.238. The summed E-state index contributed by atoms with van der Waals surface area (Å²) >= 11 is 0. The third-order valence-corrected chi connectivity index (χ3v) is 4.63. The van der Waals surface area contributed by atoms with E-state index in [9.17, 15) is 8.60 Å². The first kappa shape index (κ1) is 20.6. The molecule has 0 radical (unpaired) electrons. The molecule has 0 aliphatic rings. The summed E-state index contributed by atoms with van der Waals surface area (Å²) < 4.78 is 35.6. The third kappa shape index (κ3) is 5.00. The van der Waals surface area contributed by atoms with Crippen molar-refractivity contribution in [1.82, 2.24) is 9.97 Å². The molecule has 1 aromatic heterocycles. The van der Waals surface area contributed by atoms with E-state index in [1.807, 2.05) is 13.0 Å². The molecule has 3 rings (SSSR count). The Morgan fingerprint density at radius 3 is 2.72 bits per heavy atom. The number of nitrogens with zero attached hydrogens (tertiary/aromatic N) is 3. The monoisotopic (exact) mass is 412 g/mol. The Bertz CT molecular complexity index is 1240. The van der Waals surface area contributed by atoms with Crippen LogP contribution in [0.1, 0.15) is 12.5 Å². The molecule has 1 N–H and O–H groups in total. The van der Waals surface area contributed by atoms with Gasteiger partial charge in [-0.2, -0.15) is 4.36 Å². The number of hydrogen-bond donors (Lipinski definition) is 1. The summed E-state index contributed by atoms with van der Waals surface area (Å²) in [6.45, 7) is 3.59. The number of aromatic nitrogens is 2. The molecule has 150 valence electrons. The number of ether oxygens (including phenoxy) is 1. The number of terminal acetylenes is 1. The van der Waals surface area contributed by atoms with Crippen molar-refractivity contribution >= 4 is 37.8 Å². The van der Waals surface area contributed by atoms with Crippen LogP contribution in [0.15, 0.2) is 41.0 Å². The Morgan fingerprint density at radius 1 is 1.28 bits per heavy atom. The zero-order chi connectivity index (χ0) is 21.2. The van der Waals surface area contributed by atoms with E-state index in [1.165, 1.54) is 18.5 Å². The van der Waals surface area contributed by atoms with Gasteiger partial charge in [0.2, 0.25) is 0 Å². The van der Waals surface area contributed by atoms with Crippen molar-refractivity contribution in [2.24, 2.45) is 4.36 Å². The molecule has 0 unspecified atom stereocenters. The van der Waals surface area contributed by atoms with E-state index in [2.05, 4.69) is 25.6 Å². The fourth-order valence-electron chi connectivity index (χ4n) is 2.82. The minimum Gasteiger partial charge on any atom is -0.476 e.